The average Bonchev–Trinajstić information content (AvgIpc) is 2.90. The number of nitrogens with one attached hydrogen (secondary N) is 1. The van der Waals surface area contributed by atoms with Crippen LogP contribution in [0.3, 0.4) is 0 Å². The van der Waals surface area contributed by atoms with E-state index in [0.717, 1.165) is 25.1 Å². The maximum Gasteiger partial charge on any atom is 0.129 e. The molecule has 1 heterocycles. The summed E-state index contributed by atoms with van der Waals surface area (Å²) >= 11 is 5.85. The Balaban J connectivity index is 1.76. The topological polar surface area (TPSA) is 15.3 Å². The summed E-state index contributed by atoms with van der Waals surface area (Å²) in [4.78, 5) is 2.47. The van der Waals surface area contributed by atoms with Crippen LogP contribution >= 0.6 is 11.6 Å². The fourth-order valence-corrected chi connectivity index (χ4v) is 4.04. The normalized spacial score (nSPS) is 25.6. The minimum Gasteiger partial charge on any atom is -0.308 e. The van der Waals surface area contributed by atoms with E-state index in [4.69, 9.17) is 11.6 Å². The molecule has 1 aromatic carbocycles. The van der Waals surface area contributed by atoms with Crippen molar-refractivity contribution in [1.82, 2.24) is 10.2 Å². The molecular formula is C17H24ClFN2. The van der Waals surface area contributed by atoms with E-state index in [1.807, 2.05) is 6.07 Å². The highest BCUT2D eigenvalue weighted by Crippen LogP contribution is 2.34. The standard InChI is InChI=1S/C17H24ClFN2/c1-2-15-10-20-17(7-3-4-8-17)12-21(15)11-13-5-6-14(18)9-16(13)19/h5-6,9,15,20H,2-4,7-8,10-12H2,1H3. The lowest BCUT2D eigenvalue weighted by Crippen LogP contribution is -2.62. The summed E-state index contributed by atoms with van der Waals surface area (Å²) in [5.41, 5.74) is 1.03. The van der Waals surface area contributed by atoms with Gasteiger partial charge in [0.2, 0.25) is 0 Å². The summed E-state index contributed by atoms with van der Waals surface area (Å²) in [6.45, 7) is 4.95. The third-order valence-corrected chi connectivity index (χ3v) is 5.39. The Hall–Kier alpha value is -0.640. The molecule has 1 saturated carbocycles. The number of hydrogen-bond acceptors (Lipinski definition) is 2. The molecule has 1 aromatic rings. The van der Waals surface area contributed by atoms with Gasteiger partial charge in [-0.3, -0.25) is 4.90 Å². The van der Waals surface area contributed by atoms with Crippen LogP contribution in [0.4, 0.5) is 4.39 Å². The first-order chi connectivity index (χ1) is 10.1. The molecule has 2 nitrogen and oxygen atoms in total. The van der Waals surface area contributed by atoms with Crippen molar-refractivity contribution in [3.63, 3.8) is 0 Å². The van der Waals surface area contributed by atoms with Crippen LogP contribution < -0.4 is 5.32 Å². The van der Waals surface area contributed by atoms with Crippen molar-refractivity contribution >= 4 is 11.6 Å². The summed E-state index contributed by atoms with van der Waals surface area (Å²) in [6, 6.07) is 5.53. The summed E-state index contributed by atoms with van der Waals surface area (Å²) in [5, 5.41) is 4.25. The van der Waals surface area contributed by atoms with Crippen molar-refractivity contribution in [2.24, 2.45) is 0 Å². The molecule has 0 amide bonds. The Bertz CT molecular complexity index is 500. The average molecular weight is 311 g/mol. The highest BCUT2D eigenvalue weighted by Gasteiger charge is 2.40. The second-order valence-electron chi connectivity index (χ2n) is 6.57. The molecule has 0 bridgehead atoms. The second-order valence-corrected chi connectivity index (χ2v) is 7.01. The van der Waals surface area contributed by atoms with Gasteiger partial charge in [0.15, 0.2) is 0 Å². The molecule has 1 unspecified atom stereocenters. The maximum atomic E-state index is 14.1. The molecule has 2 fully saturated rings. The zero-order valence-corrected chi connectivity index (χ0v) is 13.4. The molecule has 116 valence electrons. The van der Waals surface area contributed by atoms with Gasteiger partial charge in [-0.2, -0.15) is 0 Å². The van der Waals surface area contributed by atoms with E-state index >= 15 is 0 Å². The Morgan fingerprint density at radius 2 is 2.14 bits per heavy atom. The fourth-order valence-electron chi connectivity index (χ4n) is 3.88. The predicted molar refractivity (Wildman–Crippen MR) is 85.1 cm³/mol. The second kappa shape index (κ2) is 6.23. The van der Waals surface area contributed by atoms with Gasteiger partial charge in [-0.25, -0.2) is 4.39 Å². The zero-order chi connectivity index (χ0) is 14.9. The van der Waals surface area contributed by atoms with Gasteiger partial charge in [-0.05, 0) is 31.4 Å². The Morgan fingerprint density at radius 1 is 1.38 bits per heavy atom. The largest absolute Gasteiger partial charge is 0.308 e. The first kappa shape index (κ1) is 15.3. The van der Waals surface area contributed by atoms with Crippen molar-refractivity contribution in [2.75, 3.05) is 13.1 Å². The van der Waals surface area contributed by atoms with Crippen LogP contribution in [0, 0.1) is 5.82 Å². The number of piperazine rings is 1. The molecule has 21 heavy (non-hydrogen) atoms. The van der Waals surface area contributed by atoms with Gasteiger partial charge in [0, 0.05) is 41.8 Å². The van der Waals surface area contributed by atoms with E-state index in [9.17, 15) is 4.39 Å². The van der Waals surface area contributed by atoms with Gasteiger partial charge >= 0.3 is 0 Å². The third kappa shape index (κ3) is 3.25. The summed E-state index contributed by atoms with van der Waals surface area (Å²) in [6.07, 6.45) is 6.23. The number of rotatable bonds is 3. The third-order valence-electron chi connectivity index (χ3n) is 5.16. The van der Waals surface area contributed by atoms with Crippen LogP contribution in [-0.2, 0) is 6.54 Å². The SMILES string of the molecule is CCC1CNC2(CCCC2)CN1Cc1ccc(Cl)cc1F. The number of nitrogens with zero attached hydrogens (tertiary/aromatic N) is 1. The molecule has 0 radical (unpaired) electrons. The van der Waals surface area contributed by atoms with Crippen LogP contribution in [0.2, 0.25) is 5.02 Å². The molecule has 1 saturated heterocycles. The maximum absolute atomic E-state index is 14.1. The molecule has 3 rings (SSSR count). The van der Waals surface area contributed by atoms with Gasteiger partial charge in [0.05, 0.1) is 0 Å². The van der Waals surface area contributed by atoms with Gasteiger partial charge in [0.1, 0.15) is 5.82 Å². The van der Waals surface area contributed by atoms with Crippen molar-refractivity contribution in [3.05, 3.63) is 34.6 Å². The molecule has 1 aliphatic heterocycles. The number of hydrogen-bond donors (Lipinski definition) is 1. The molecule has 4 heteroatoms. The van der Waals surface area contributed by atoms with E-state index in [0.29, 0.717) is 17.6 Å². The van der Waals surface area contributed by atoms with E-state index in [1.165, 1.54) is 31.7 Å². The molecule has 1 aliphatic carbocycles. The fraction of sp³-hybridized carbons (Fsp3) is 0.647. The quantitative estimate of drug-likeness (QED) is 0.908. The number of benzene rings is 1. The summed E-state index contributed by atoms with van der Waals surface area (Å²) in [5.74, 6) is -0.184. The van der Waals surface area contributed by atoms with Gasteiger partial charge in [-0.15, -0.1) is 0 Å². The highest BCUT2D eigenvalue weighted by atomic mass is 35.5. The lowest BCUT2D eigenvalue weighted by Gasteiger charge is -2.46. The van der Waals surface area contributed by atoms with Crippen LogP contribution in [0.15, 0.2) is 18.2 Å². The minimum absolute atomic E-state index is 0.184. The van der Waals surface area contributed by atoms with Crippen molar-refractivity contribution in [1.29, 1.82) is 0 Å². The van der Waals surface area contributed by atoms with Gasteiger partial charge in [-0.1, -0.05) is 37.4 Å². The first-order valence-corrected chi connectivity index (χ1v) is 8.43. The van der Waals surface area contributed by atoms with Crippen LogP contribution in [-0.4, -0.2) is 29.6 Å². The minimum atomic E-state index is -0.184. The van der Waals surface area contributed by atoms with Crippen LogP contribution in [0.25, 0.3) is 0 Å². The van der Waals surface area contributed by atoms with Gasteiger partial charge in [0.25, 0.3) is 0 Å². The number of halogens is 2. The van der Waals surface area contributed by atoms with Crippen molar-refractivity contribution in [2.45, 2.75) is 57.2 Å². The summed E-state index contributed by atoms with van der Waals surface area (Å²) < 4.78 is 14.1. The lowest BCUT2D eigenvalue weighted by atomic mass is 9.91. The van der Waals surface area contributed by atoms with E-state index in [-0.39, 0.29) is 11.4 Å². The molecule has 2 aliphatic rings. The molecule has 1 N–H and O–H groups in total. The Kier molecular flexibility index (Phi) is 4.53. The molecule has 1 atom stereocenters. The van der Waals surface area contributed by atoms with Crippen molar-refractivity contribution < 1.29 is 4.39 Å². The molecular weight excluding hydrogens is 287 g/mol. The van der Waals surface area contributed by atoms with E-state index < -0.39 is 0 Å². The van der Waals surface area contributed by atoms with E-state index in [2.05, 4.69) is 17.1 Å². The highest BCUT2D eigenvalue weighted by molar-refractivity contribution is 6.30. The van der Waals surface area contributed by atoms with Gasteiger partial charge < -0.3 is 5.32 Å². The van der Waals surface area contributed by atoms with Crippen molar-refractivity contribution in [3.8, 4) is 0 Å². The predicted octanol–water partition coefficient (Wildman–Crippen LogP) is 3.98. The van der Waals surface area contributed by atoms with E-state index in [1.54, 1.807) is 6.07 Å². The van der Waals surface area contributed by atoms with Crippen LogP contribution in [0.1, 0.15) is 44.6 Å². The Labute approximate surface area is 131 Å². The Morgan fingerprint density at radius 3 is 2.81 bits per heavy atom. The zero-order valence-electron chi connectivity index (χ0n) is 12.7. The molecule has 1 spiro atoms. The lowest BCUT2D eigenvalue weighted by molar-refractivity contribution is 0.0709. The monoisotopic (exact) mass is 310 g/mol. The molecule has 0 aromatic heterocycles. The summed E-state index contributed by atoms with van der Waals surface area (Å²) in [7, 11) is 0. The van der Waals surface area contributed by atoms with Crippen LogP contribution in [0.5, 0.6) is 0 Å². The smallest absolute Gasteiger partial charge is 0.129 e. The first-order valence-electron chi connectivity index (χ1n) is 8.05.